The number of carbonyl (C=O) groups excluding carboxylic acids is 1. The summed E-state index contributed by atoms with van der Waals surface area (Å²) in [5.74, 6) is -0.0125. The molecule has 94 valence electrons. The van der Waals surface area contributed by atoms with Crippen LogP contribution in [0.1, 0.15) is 18.5 Å². The predicted molar refractivity (Wildman–Crippen MR) is 68.4 cm³/mol. The van der Waals surface area contributed by atoms with Gasteiger partial charge in [0.25, 0.3) is 0 Å². The average molecular weight is 245 g/mol. The highest BCUT2D eigenvalue weighted by atomic mass is 16.3. The molecule has 1 aromatic carbocycles. The van der Waals surface area contributed by atoms with E-state index in [1.165, 1.54) is 6.07 Å². The van der Waals surface area contributed by atoms with Crippen LogP contribution in [0.25, 0.3) is 0 Å². The van der Waals surface area contributed by atoms with E-state index in [2.05, 4.69) is 10.4 Å². The Bertz CT molecular complexity index is 549. The number of aromatic nitrogens is 2. The summed E-state index contributed by atoms with van der Waals surface area (Å²) in [5, 5.41) is 16.3. The van der Waals surface area contributed by atoms with E-state index < -0.39 is 6.04 Å². The number of nitrogens with one attached hydrogen (secondary N) is 1. The quantitative estimate of drug-likeness (QED) is 0.870. The third-order valence-corrected chi connectivity index (χ3v) is 2.78. The molecule has 1 amide bonds. The summed E-state index contributed by atoms with van der Waals surface area (Å²) >= 11 is 0. The van der Waals surface area contributed by atoms with Gasteiger partial charge in [-0.1, -0.05) is 6.07 Å². The van der Waals surface area contributed by atoms with Gasteiger partial charge in [-0.05, 0) is 31.5 Å². The minimum absolute atomic E-state index is 0.166. The standard InChI is InChI=1S/C13H15N3O2/c1-9-4-5-11(8-12(9)17)15-13(18)10(2)16-7-3-6-14-16/h3-8,10,17H,1-2H3,(H,15,18). The lowest BCUT2D eigenvalue weighted by Crippen LogP contribution is -2.23. The number of aryl methyl sites for hydroxylation is 1. The number of amides is 1. The molecule has 1 heterocycles. The largest absolute Gasteiger partial charge is 0.508 e. The molecule has 0 fully saturated rings. The van der Waals surface area contributed by atoms with E-state index in [1.807, 2.05) is 0 Å². The van der Waals surface area contributed by atoms with Crippen molar-refractivity contribution >= 4 is 11.6 Å². The van der Waals surface area contributed by atoms with Crippen LogP contribution in [0.5, 0.6) is 5.75 Å². The SMILES string of the molecule is Cc1ccc(NC(=O)C(C)n2cccn2)cc1O. The summed E-state index contributed by atoms with van der Waals surface area (Å²) in [6.07, 6.45) is 3.36. The second-order valence-corrected chi connectivity index (χ2v) is 4.15. The molecule has 0 bridgehead atoms. The van der Waals surface area contributed by atoms with Crippen molar-refractivity contribution in [1.29, 1.82) is 0 Å². The molecule has 1 atom stereocenters. The molecular formula is C13H15N3O2. The zero-order valence-corrected chi connectivity index (χ0v) is 10.3. The van der Waals surface area contributed by atoms with Crippen molar-refractivity contribution in [2.45, 2.75) is 19.9 Å². The molecule has 5 nitrogen and oxygen atoms in total. The molecule has 1 unspecified atom stereocenters. The van der Waals surface area contributed by atoms with Gasteiger partial charge in [0, 0.05) is 24.1 Å². The van der Waals surface area contributed by atoms with Gasteiger partial charge in [0.15, 0.2) is 0 Å². The summed E-state index contributed by atoms with van der Waals surface area (Å²) in [4.78, 5) is 12.0. The molecule has 2 N–H and O–H groups in total. The molecule has 2 rings (SSSR count). The number of carbonyl (C=O) groups is 1. The van der Waals surface area contributed by atoms with Crippen molar-refractivity contribution in [3.8, 4) is 5.75 Å². The van der Waals surface area contributed by atoms with Crippen LogP contribution in [0.4, 0.5) is 5.69 Å². The number of aromatic hydroxyl groups is 1. The Kier molecular flexibility index (Phi) is 3.32. The van der Waals surface area contributed by atoms with Crippen LogP contribution in [0.2, 0.25) is 0 Å². The summed E-state index contributed by atoms with van der Waals surface area (Å²) in [7, 11) is 0. The van der Waals surface area contributed by atoms with Gasteiger partial charge in [-0.2, -0.15) is 5.10 Å². The summed E-state index contributed by atoms with van der Waals surface area (Å²) in [5.41, 5.74) is 1.34. The molecule has 0 saturated heterocycles. The fourth-order valence-corrected chi connectivity index (χ4v) is 1.56. The molecule has 0 spiro atoms. The Labute approximate surface area is 105 Å². The van der Waals surface area contributed by atoms with Gasteiger partial charge >= 0.3 is 0 Å². The molecular weight excluding hydrogens is 230 g/mol. The maximum Gasteiger partial charge on any atom is 0.248 e. The van der Waals surface area contributed by atoms with Crippen LogP contribution in [0, 0.1) is 6.92 Å². The Morgan fingerprint density at radius 2 is 2.28 bits per heavy atom. The summed E-state index contributed by atoms with van der Waals surface area (Å²) in [6.45, 7) is 3.56. The topological polar surface area (TPSA) is 67.2 Å². The van der Waals surface area contributed by atoms with E-state index in [9.17, 15) is 9.90 Å². The highest BCUT2D eigenvalue weighted by Gasteiger charge is 2.15. The third-order valence-electron chi connectivity index (χ3n) is 2.78. The number of nitrogens with zero attached hydrogens (tertiary/aromatic N) is 2. The van der Waals surface area contributed by atoms with Gasteiger partial charge in [0.05, 0.1) is 0 Å². The maximum atomic E-state index is 12.0. The number of benzene rings is 1. The lowest BCUT2D eigenvalue weighted by Gasteiger charge is -2.13. The van der Waals surface area contributed by atoms with Crippen LogP contribution in [-0.2, 0) is 4.79 Å². The third kappa shape index (κ3) is 2.51. The Balaban J connectivity index is 2.09. The van der Waals surface area contributed by atoms with Gasteiger partial charge in [-0.15, -0.1) is 0 Å². The van der Waals surface area contributed by atoms with Gasteiger partial charge in [-0.25, -0.2) is 0 Å². The number of rotatable bonds is 3. The zero-order chi connectivity index (χ0) is 13.1. The van der Waals surface area contributed by atoms with Gasteiger partial charge < -0.3 is 10.4 Å². The molecule has 0 aliphatic rings. The fourth-order valence-electron chi connectivity index (χ4n) is 1.56. The van der Waals surface area contributed by atoms with Crippen LogP contribution >= 0.6 is 0 Å². The van der Waals surface area contributed by atoms with Crippen molar-refractivity contribution in [2.75, 3.05) is 5.32 Å². The van der Waals surface area contributed by atoms with Gasteiger partial charge in [0.1, 0.15) is 11.8 Å². The first-order chi connectivity index (χ1) is 8.58. The van der Waals surface area contributed by atoms with E-state index in [1.54, 1.807) is 49.1 Å². The van der Waals surface area contributed by atoms with Crippen molar-refractivity contribution in [2.24, 2.45) is 0 Å². The Hall–Kier alpha value is -2.30. The smallest absolute Gasteiger partial charge is 0.248 e. The van der Waals surface area contributed by atoms with E-state index in [0.29, 0.717) is 5.69 Å². The second-order valence-electron chi connectivity index (χ2n) is 4.15. The van der Waals surface area contributed by atoms with Crippen molar-refractivity contribution in [3.63, 3.8) is 0 Å². The second kappa shape index (κ2) is 4.91. The lowest BCUT2D eigenvalue weighted by molar-refractivity contribution is -0.119. The van der Waals surface area contributed by atoms with E-state index in [4.69, 9.17) is 0 Å². The number of phenols is 1. The Morgan fingerprint density at radius 3 is 2.89 bits per heavy atom. The molecule has 1 aromatic heterocycles. The number of phenolic OH excluding ortho intramolecular Hbond substituents is 1. The van der Waals surface area contributed by atoms with E-state index in [-0.39, 0.29) is 11.7 Å². The Morgan fingerprint density at radius 1 is 1.50 bits per heavy atom. The zero-order valence-electron chi connectivity index (χ0n) is 10.3. The number of hydrogen-bond acceptors (Lipinski definition) is 3. The first-order valence-corrected chi connectivity index (χ1v) is 5.67. The van der Waals surface area contributed by atoms with Gasteiger partial charge in [0.2, 0.25) is 5.91 Å². The molecule has 5 heteroatoms. The van der Waals surface area contributed by atoms with Gasteiger partial charge in [-0.3, -0.25) is 9.48 Å². The minimum Gasteiger partial charge on any atom is -0.508 e. The summed E-state index contributed by atoms with van der Waals surface area (Å²) in [6, 6.07) is 6.40. The number of anilines is 1. The number of hydrogen-bond donors (Lipinski definition) is 2. The van der Waals surface area contributed by atoms with Crippen molar-refractivity contribution in [3.05, 3.63) is 42.2 Å². The normalized spacial score (nSPS) is 12.1. The van der Waals surface area contributed by atoms with Crippen LogP contribution in [0.15, 0.2) is 36.7 Å². The minimum atomic E-state index is -0.400. The maximum absolute atomic E-state index is 12.0. The molecule has 0 aliphatic heterocycles. The average Bonchev–Trinajstić information content (AvgIpc) is 2.86. The fraction of sp³-hybridized carbons (Fsp3) is 0.231. The highest BCUT2D eigenvalue weighted by molar-refractivity contribution is 5.93. The molecule has 0 aliphatic carbocycles. The molecule has 0 radical (unpaired) electrons. The lowest BCUT2D eigenvalue weighted by atomic mass is 10.2. The molecule has 18 heavy (non-hydrogen) atoms. The highest BCUT2D eigenvalue weighted by Crippen LogP contribution is 2.21. The van der Waals surface area contributed by atoms with E-state index in [0.717, 1.165) is 5.56 Å². The predicted octanol–water partition coefficient (Wildman–Crippen LogP) is 2.10. The first kappa shape index (κ1) is 12.2. The van der Waals surface area contributed by atoms with Crippen LogP contribution in [-0.4, -0.2) is 20.8 Å². The van der Waals surface area contributed by atoms with Crippen LogP contribution in [0.3, 0.4) is 0 Å². The first-order valence-electron chi connectivity index (χ1n) is 5.67. The summed E-state index contributed by atoms with van der Waals surface area (Å²) < 4.78 is 1.57. The molecule has 0 saturated carbocycles. The van der Waals surface area contributed by atoms with Crippen molar-refractivity contribution in [1.82, 2.24) is 9.78 Å². The van der Waals surface area contributed by atoms with E-state index >= 15 is 0 Å². The molecule has 2 aromatic rings. The van der Waals surface area contributed by atoms with Crippen molar-refractivity contribution < 1.29 is 9.90 Å². The monoisotopic (exact) mass is 245 g/mol. The van der Waals surface area contributed by atoms with Crippen LogP contribution < -0.4 is 5.32 Å².